The first-order chi connectivity index (χ1) is 11.2. The minimum Gasteiger partial charge on any atom is -0.481 e. The van der Waals surface area contributed by atoms with E-state index in [9.17, 15) is 9.90 Å². The third kappa shape index (κ3) is 18.3. The second-order valence-corrected chi connectivity index (χ2v) is 5.58. The molecule has 23 heavy (non-hydrogen) atoms. The van der Waals surface area contributed by atoms with Crippen molar-refractivity contribution in [2.75, 3.05) is 0 Å². The average Bonchev–Trinajstić information content (AvgIpc) is 2.52. The minimum absolute atomic E-state index is 0.230. The molecule has 0 amide bonds. The highest BCUT2D eigenvalue weighted by atomic mass is 16.4. The van der Waals surface area contributed by atoms with Crippen LogP contribution >= 0.6 is 0 Å². The van der Waals surface area contributed by atoms with Crippen LogP contribution in [-0.2, 0) is 4.79 Å². The largest absolute Gasteiger partial charge is 0.481 e. The summed E-state index contributed by atoms with van der Waals surface area (Å²) in [6, 6.07) is 0. The zero-order valence-corrected chi connectivity index (χ0v) is 14.4. The lowest BCUT2D eigenvalue weighted by Crippen LogP contribution is -1.98. The van der Waals surface area contributed by atoms with Gasteiger partial charge in [-0.15, -0.1) is 0 Å². The molecule has 0 aliphatic rings. The quantitative estimate of drug-likeness (QED) is 0.263. The van der Waals surface area contributed by atoms with Gasteiger partial charge in [-0.05, 0) is 38.5 Å². The Hall–Kier alpha value is -1.61. The van der Waals surface area contributed by atoms with Crippen molar-refractivity contribution < 1.29 is 15.0 Å². The molecule has 1 unspecified atom stereocenters. The summed E-state index contributed by atoms with van der Waals surface area (Å²) < 4.78 is 0. The van der Waals surface area contributed by atoms with Crippen LogP contribution in [0.4, 0.5) is 0 Å². The van der Waals surface area contributed by atoms with Gasteiger partial charge >= 0.3 is 5.97 Å². The van der Waals surface area contributed by atoms with Gasteiger partial charge in [0.15, 0.2) is 0 Å². The van der Waals surface area contributed by atoms with Crippen molar-refractivity contribution in [2.24, 2.45) is 0 Å². The summed E-state index contributed by atoms with van der Waals surface area (Å²) in [5.41, 5.74) is 0. The van der Waals surface area contributed by atoms with E-state index in [1.807, 2.05) is 36.5 Å². The van der Waals surface area contributed by atoms with E-state index in [0.29, 0.717) is 12.8 Å². The fourth-order valence-corrected chi connectivity index (χ4v) is 1.96. The summed E-state index contributed by atoms with van der Waals surface area (Å²) in [7, 11) is 0. The molecule has 2 N–H and O–H groups in total. The van der Waals surface area contributed by atoms with E-state index < -0.39 is 12.1 Å². The van der Waals surface area contributed by atoms with Crippen LogP contribution in [0, 0.1) is 0 Å². The van der Waals surface area contributed by atoms with Crippen LogP contribution in [0.3, 0.4) is 0 Å². The zero-order chi connectivity index (χ0) is 17.2. The Morgan fingerprint density at radius 3 is 2.43 bits per heavy atom. The van der Waals surface area contributed by atoms with Gasteiger partial charge in [0.05, 0.1) is 6.10 Å². The lowest BCUT2D eigenvalue weighted by Gasteiger charge is -1.99. The highest BCUT2D eigenvalue weighted by Gasteiger charge is 1.93. The van der Waals surface area contributed by atoms with Gasteiger partial charge in [-0.25, -0.2) is 0 Å². The first kappa shape index (κ1) is 21.4. The van der Waals surface area contributed by atoms with Gasteiger partial charge in [0.1, 0.15) is 0 Å². The van der Waals surface area contributed by atoms with Crippen LogP contribution in [0.5, 0.6) is 0 Å². The topological polar surface area (TPSA) is 57.5 Å². The fourth-order valence-electron chi connectivity index (χ4n) is 1.96. The molecule has 0 aromatic heterocycles. The van der Waals surface area contributed by atoms with Crippen molar-refractivity contribution in [3.8, 4) is 0 Å². The molecule has 0 aromatic rings. The van der Waals surface area contributed by atoms with Gasteiger partial charge < -0.3 is 10.2 Å². The van der Waals surface area contributed by atoms with Gasteiger partial charge in [-0.3, -0.25) is 4.79 Å². The van der Waals surface area contributed by atoms with Crippen LogP contribution in [0.1, 0.15) is 64.7 Å². The molecule has 0 bridgehead atoms. The zero-order valence-electron chi connectivity index (χ0n) is 14.4. The van der Waals surface area contributed by atoms with Crippen molar-refractivity contribution in [1.29, 1.82) is 0 Å². The summed E-state index contributed by atoms with van der Waals surface area (Å²) in [5, 5.41) is 18.3. The fraction of sp³-hybridized carbons (Fsp3) is 0.550. The molecule has 0 spiro atoms. The highest BCUT2D eigenvalue weighted by Crippen LogP contribution is 2.02. The summed E-state index contributed by atoms with van der Waals surface area (Å²) >= 11 is 0. The number of carboxylic acid groups (broad SMARTS) is 1. The SMILES string of the molecule is CCCCC/C=C\CC(O)/C=C\C=C/C/C=C\CCCC(=O)O. The molecule has 0 radical (unpaired) electrons. The molecule has 0 aliphatic carbocycles. The molecule has 0 saturated carbocycles. The van der Waals surface area contributed by atoms with Crippen molar-refractivity contribution in [2.45, 2.75) is 70.8 Å². The number of carboxylic acids is 1. The number of unbranched alkanes of at least 4 members (excludes halogenated alkanes) is 4. The lowest BCUT2D eigenvalue weighted by atomic mass is 10.1. The number of hydrogen-bond donors (Lipinski definition) is 2. The van der Waals surface area contributed by atoms with Crippen molar-refractivity contribution in [3.63, 3.8) is 0 Å². The Morgan fingerprint density at radius 2 is 1.70 bits per heavy atom. The normalized spacial score (nSPS) is 13.8. The molecular formula is C20H32O3. The molecule has 130 valence electrons. The first-order valence-corrected chi connectivity index (χ1v) is 8.70. The van der Waals surface area contributed by atoms with Crippen LogP contribution in [-0.4, -0.2) is 22.3 Å². The van der Waals surface area contributed by atoms with E-state index in [1.54, 1.807) is 6.08 Å². The number of carbonyl (C=O) groups is 1. The van der Waals surface area contributed by atoms with Gasteiger partial charge in [-0.2, -0.15) is 0 Å². The minimum atomic E-state index is -0.738. The van der Waals surface area contributed by atoms with Crippen LogP contribution in [0.15, 0.2) is 48.6 Å². The second kappa shape index (κ2) is 16.8. The van der Waals surface area contributed by atoms with Crippen molar-refractivity contribution in [3.05, 3.63) is 48.6 Å². The maximum Gasteiger partial charge on any atom is 0.303 e. The molecule has 3 heteroatoms. The summed E-state index contributed by atoms with van der Waals surface area (Å²) in [6.45, 7) is 2.20. The van der Waals surface area contributed by atoms with Gasteiger partial charge in [0.25, 0.3) is 0 Å². The Labute approximate surface area is 141 Å². The molecule has 0 fully saturated rings. The molecule has 0 heterocycles. The molecular weight excluding hydrogens is 288 g/mol. The number of aliphatic hydroxyl groups is 1. The van der Waals surface area contributed by atoms with Crippen LogP contribution in [0.25, 0.3) is 0 Å². The monoisotopic (exact) mass is 320 g/mol. The van der Waals surface area contributed by atoms with Gasteiger partial charge in [0.2, 0.25) is 0 Å². The molecule has 0 aromatic carbocycles. The third-order valence-corrected chi connectivity index (χ3v) is 3.30. The van der Waals surface area contributed by atoms with Gasteiger partial charge in [-0.1, -0.05) is 68.4 Å². The smallest absolute Gasteiger partial charge is 0.303 e. The van der Waals surface area contributed by atoms with Crippen molar-refractivity contribution in [1.82, 2.24) is 0 Å². The Bertz CT molecular complexity index is 392. The van der Waals surface area contributed by atoms with E-state index in [1.165, 1.54) is 19.3 Å². The summed E-state index contributed by atoms with van der Waals surface area (Å²) in [6.07, 6.45) is 23.5. The number of aliphatic carboxylic acids is 1. The summed E-state index contributed by atoms with van der Waals surface area (Å²) in [5.74, 6) is -0.738. The predicted octanol–water partition coefficient (Wildman–Crippen LogP) is 5.19. The Balaban J connectivity index is 3.62. The number of rotatable bonds is 14. The average molecular weight is 320 g/mol. The predicted molar refractivity (Wildman–Crippen MR) is 97.4 cm³/mol. The van der Waals surface area contributed by atoms with E-state index in [4.69, 9.17) is 5.11 Å². The van der Waals surface area contributed by atoms with E-state index >= 15 is 0 Å². The van der Waals surface area contributed by atoms with E-state index in [-0.39, 0.29) is 6.42 Å². The molecule has 3 nitrogen and oxygen atoms in total. The maximum absolute atomic E-state index is 10.3. The van der Waals surface area contributed by atoms with E-state index in [2.05, 4.69) is 13.0 Å². The van der Waals surface area contributed by atoms with Gasteiger partial charge in [0, 0.05) is 6.42 Å². The number of hydrogen-bond acceptors (Lipinski definition) is 2. The number of allylic oxidation sites excluding steroid dienone is 6. The van der Waals surface area contributed by atoms with Crippen LogP contribution in [0.2, 0.25) is 0 Å². The number of aliphatic hydroxyl groups excluding tert-OH is 1. The maximum atomic E-state index is 10.3. The molecule has 0 saturated heterocycles. The van der Waals surface area contributed by atoms with E-state index in [0.717, 1.165) is 19.3 Å². The van der Waals surface area contributed by atoms with Crippen LogP contribution < -0.4 is 0 Å². The summed E-state index contributed by atoms with van der Waals surface area (Å²) in [4.78, 5) is 10.3. The third-order valence-electron chi connectivity index (χ3n) is 3.30. The molecule has 1 atom stereocenters. The second-order valence-electron chi connectivity index (χ2n) is 5.58. The Kier molecular flexibility index (Phi) is 15.6. The first-order valence-electron chi connectivity index (χ1n) is 8.70. The lowest BCUT2D eigenvalue weighted by molar-refractivity contribution is -0.137. The standard InChI is InChI=1S/C20H32O3/c1-2-3-4-5-10-13-16-19(21)17-14-11-8-6-7-9-12-15-18-20(22)23/h7-11,13-14,17,19,21H,2-6,12,15-16,18H2,1H3,(H,22,23)/b9-7-,11-8-,13-10-,17-14-. The molecule has 0 aliphatic heterocycles. The Morgan fingerprint density at radius 1 is 0.957 bits per heavy atom. The molecule has 0 rings (SSSR count). The van der Waals surface area contributed by atoms with Crippen molar-refractivity contribution >= 4 is 5.97 Å². The highest BCUT2D eigenvalue weighted by molar-refractivity contribution is 5.66.